The molecule has 14 heavy (non-hydrogen) atoms. The predicted molar refractivity (Wildman–Crippen MR) is 60.0 cm³/mol. The molecular formula is C9H14N2OS2. The van der Waals surface area contributed by atoms with Gasteiger partial charge in [-0.15, -0.1) is 11.3 Å². The van der Waals surface area contributed by atoms with Gasteiger partial charge in [-0.25, -0.2) is 4.98 Å². The number of thiazole rings is 1. The van der Waals surface area contributed by atoms with Crippen molar-refractivity contribution >= 4 is 23.1 Å². The molecular weight excluding hydrogens is 216 g/mol. The molecule has 1 aromatic heterocycles. The second-order valence-electron chi connectivity index (χ2n) is 3.21. The molecule has 2 rings (SSSR count). The van der Waals surface area contributed by atoms with E-state index in [4.69, 9.17) is 4.74 Å². The van der Waals surface area contributed by atoms with E-state index in [1.165, 1.54) is 0 Å². The minimum atomic E-state index is 0.500. The standard InChI is InChI=1S/C9H14N2OS2/c1-10-7-2-4-12-6-8(7)14-9-11-3-5-13-9/h3,5,7-8,10H,2,4,6H2,1H3. The van der Waals surface area contributed by atoms with Crippen LogP contribution in [0.15, 0.2) is 15.9 Å². The van der Waals surface area contributed by atoms with Gasteiger partial charge in [0.1, 0.15) is 4.34 Å². The molecule has 0 saturated carbocycles. The number of aromatic nitrogens is 1. The summed E-state index contributed by atoms with van der Waals surface area (Å²) in [5.41, 5.74) is 0. The van der Waals surface area contributed by atoms with Crippen molar-refractivity contribution in [3.8, 4) is 0 Å². The van der Waals surface area contributed by atoms with Crippen LogP contribution < -0.4 is 5.32 Å². The van der Waals surface area contributed by atoms with E-state index in [0.29, 0.717) is 11.3 Å². The molecule has 0 aromatic carbocycles. The average Bonchev–Trinajstić information content (AvgIpc) is 2.71. The Balaban J connectivity index is 1.94. The normalized spacial score (nSPS) is 27.8. The van der Waals surface area contributed by atoms with Crippen molar-refractivity contribution in [3.05, 3.63) is 11.6 Å². The monoisotopic (exact) mass is 230 g/mol. The third-order valence-electron chi connectivity index (χ3n) is 2.34. The van der Waals surface area contributed by atoms with Crippen LogP contribution in [0.4, 0.5) is 0 Å². The summed E-state index contributed by atoms with van der Waals surface area (Å²) in [6.07, 6.45) is 2.95. The van der Waals surface area contributed by atoms with Gasteiger partial charge in [0.05, 0.1) is 11.9 Å². The largest absolute Gasteiger partial charge is 0.380 e. The second kappa shape index (κ2) is 5.11. The van der Waals surface area contributed by atoms with Gasteiger partial charge in [0.25, 0.3) is 0 Å². The fourth-order valence-corrected chi connectivity index (χ4v) is 3.66. The number of nitrogens with one attached hydrogen (secondary N) is 1. The van der Waals surface area contributed by atoms with E-state index >= 15 is 0 Å². The summed E-state index contributed by atoms with van der Waals surface area (Å²) in [5, 5.41) is 5.86. The summed E-state index contributed by atoms with van der Waals surface area (Å²) >= 11 is 3.52. The Bertz CT molecular complexity index is 266. The molecule has 2 unspecified atom stereocenters. The number of rotatable bonds is 3. The molecule has 1 aliphatic heterocycles. The van der Waals surface area contributed by atoms with E-state index in [1.54, 1.807) is 11.3 Å². The molecule has 2 heterocycles. The first-order valence-electron chi connectivity index (χ1n) is 4.71. The van der Waals surface area contributed by atoms with Crippen LogP contribution in [0.5, 0.6) is 0 Å². The lowest BCUT2D eigenvalue weighted by Gasteiger charge is -2.29. The molecule has 1 aliphatic rings. The summed E-state index contributed by atoms with van der Waals surface area (Å²) in [7, 11) is 2.02. The summed E-state index contributed by atoms with van der Waals surface area (Å²) in [5.74, 6) is 0. The van der Waals surface area contributed by atoms with Crippen LogP contribution in [0.3, 0.4) is 0 Å². The lowest BCUT2D eigenvalue weighted by Crippen LogP contribution is -2.42. The number of nitrogens with zero attached hydrogens (tertiary/aromatic N) is 1. The predicted octanol–water partition coefficient (Wildman–Crippen LogP) is 1.61. The van der Waals surface area contributed by atoms with Crippen molar-refractivity contribution < 1.29 is 4.74 Å². The maximum atomic E-state index is 5.48. The smallest absolute Gasteiger partial charge is 0.150 e. The number of hydrogen-bond acceptors (Lipinski definition) is 5. The number of thioether (sulfide) groups is 1. The highest BCUT2D eigenvalue weighted by atomic mass is 32.2. The lowest BCUT2D eigenvalue weighted by molar-refractivity contribution is 0.0850. The van der Waals surface area contributed by atoms with Crippen molar-refractivity contribution in [2.24, 2.45) is 0 Å². The topological polar surface area (TPSA) is 34.1 Å². The first-order valence-corrected chi connectivity index (χ1v) is 6.47. The van der Waals surface area contributed by atoms with Crippen LogP contribution in [-0.2, 0) is 4.74 Å². The quantitative estimate of drug-likeness (QED) is 0.855. The van der Waals surface area contributed by atoms with Gasteiger partial charge in [-0.2, -0.15) is 0 Å². The van der Waals surface area contributed by atoms with Crippen molar-refractivity contribution in [1.82, 2.24) is 10.3 Å². The zero-order valence-corrected chi connectivity index (χ0v) is 9.74. The zero-order valence-electron chi connectivity index (χ0n) is 8.10. The summed E-state index contributed by atoms with van der Waals surface area (Å²) in [6.45, 7) is 1.70. The Morgan fingerprint density at radius 2 is 2.64 bits per heavy atom. The molecule has 1 aromatic rings. The SMILES string of the molecule is CNC1CCOCC1Sc1nccs1. The van der Waals surface area contributed by atoms with E-state index in [-0.39, 0.29) is 0 Å². The Morgan fingerprint density at radius 1 is 1.71 bits per heavy atom. The van der Waals surface area contributed by atoms with Crippen LogP contribution >= 0.6 is 23.1 Å². The number of hydrogen-bond donors (Lipinski definition) is 1. The average molecular weight is 230 g/mol. The van der Waals surface area contributed by atoms with Crippen LogP contribution in [0.2, 0.25) is 0 Å². The highest BCUT2D eigenvalue weighted by Crippen LogP contribution is 2.29. The van der Waals surface area contributed by atoms with Gasteiger partial charge < -0.3 is 10.1 Å². The highest BCUT2D eigenvalue weighted by Gasteiger charge is 2.25. The first kappa shape index (κ1) is 10.4. The minimum absolute atomic E-state index is 0.500. The Kier molecular flexibility index (Phi) is 3.81. The fourth-order valence-electron chi connectivity index (χ4n) is 1.56. The zero-order chi connectivity index (χ0) is 9.80. The molecule has 1 saturated heterocycles. The molecule has 0 aliphatic carbocycles. The van der Waals surface area contributed by atoms with Crippen LogP contribution in [0, 0.1) is 0 Å². The van der Waals surface area contributed by atoms with E-state index in [2.05, 4.69) is 10.3 Å². The van der Waals surface area contributed by atoms with Crippen LogP contribution in [0.25, 0.3) is 0 Å². The van der Waals surface area contributed by atoms with Gasteiger partial charge in [-0.05, 0) is 13.5 Å². The Morgan fingerprint density at radius 3 is 3.36 bits per heavy atom. The van der Waals surface area contributed by atoms with Gasteiger partial charge in [0.15, 0.2) is 0 Å². The molecule has 2 atom stereocenters. The fraction of sp³-hybridized carbons (Fsp3) is 0.667. The van der Waals surface area contributed by atoms with Crippen molar-refractivity contribution in [3.63, 3.8) is 0 Å². The molecule has 0 radical (unpaired) electrons. The van der Waals surface area contributed by atoms with Crippen LogP contribution in [-0.4, -0.2) is 36.5 Å². The van der Waals surface area contributed by atoms with E-state index in [0.717, 1.165) is 24.0 Å². The van der Waals surface area contributed by atoms with Gasteiger partial charge in [0, 0.05) is 24.2 Å². The third-order valence-corrected chi connectivity index (χ3v) is 4.55. The first-order chi connectivity index (χ1) is 6.90. The van der Waals surface area contributed by atoms with E-state index in [1.807, 2.05) is 30.4 Å². The summed E-state index contributed by atoms with van der Waals surface area (Å²) in [6, 6.07) is 0.553. The Hall–Kier alpha value is -0.100. The maximum Gasteiger partial charge on any atom is 0.150 e. The summed E-state index contributed by atoms with van der Waals surface area (Å²) < 4.78 is 6.62. The minimum Gasteiger partial charge on any atom is -0.380 e. The van der Waals surface area contributed by atoms with E-state index in [9.17, 15) is 0 Å². The van der Waals surface area contributed by atoms with Crippen molar-refractivity contribution in [2.45, 2.75) is 22.1 Å². The summed E-state index contributed by atoms with van der Waals surface area (Å²) in [4.78, 5) is 4.28. The molecule has 3 nitrogen and oxygen atoms in total. The van der Waals surface area contributed by atoms with Crippen molar-refractivity contribution in [1.29, 1.82) is 0 Å². The molecule has 1 fully saturated rings. The lowest BCUT2D eigenvalue weighted by atomic mass is 10.1. The van der Waals surface area contributed by atoms with Gasteiger partial charge in [-0.1, -0.05) is 11.8 Å². The van der Waals surface area contributed by atoms with Crippen LogP contribution in [0.1, 0.15) is 6.42 Å². The van der Waals surface area contributed by atoms with Gasteiger partial charge >= 0.3 is 0 Å². The maximum absolute atomic E-state index is 5.48. The molecule has 0 spiro atoms. The molecule has 0 amide bonds. The molecule has 1 N–H and O–H groups in total. The molecule has 5 heteroatoms. The molecule has 0 bridgehead atoms. The third kappa shape index (κ3) is 2.48. The van der Waals surface area contributed by atoms with Gasteiger partial charge in [-0.3, -0.25) is 0 Å². The highest BCUT2D eigenvalue weighted by molar-refractivity contribution is 8.01. The number of ether oxygens (including phenoxy) is 1. The Labute approximate surface area is 92.3 Å². The molecule has 78 valence electrons. The van der Waals surface area contributed by atoms with Gasteiger partial charge in [0.2, 0.25) is 0 Å². The van der Waals surface area contributed by atoms with Crippen molar-refractivity contribution in [2.75, 3.05) is 20.3 Å². The van der Waals surface area contributed by atoms with E-state index < -0.39 is 0 Å². The second-order valence-corrected chi connectivity index (χ2v) is 5.59.